The molecule has 0 aliphatic carbocycles. The molecule has 0 saturated carbocycles. The van der Waals surface area contributed by atoms with Crippen molar-refractivity contribution in [3.05, 3.63) is 41.5 Å². The highest BCUT2D eigenvalue weighted by molar-refractivity contribution is 6.02. The lowest BCUT2D eigenvalue weighted by Gasteiger charge is -2.13. The Kier molecular flexibility index (Phi) is 5.04. The summed E-state index contributed by atoms with van der Waals surface area (Å²) in [5.74, 6) is -0.701. The van der Waals surface area contributed by atoms with Gasteiger partial charge in [-0.2, -0.15) is 5.26 Å². The number of imide groups is 1. The van der Waals surface area contributed by atoms with Gasteiger partial charge in [0.05, 0.1) is 11.6 Å². The summed E-state index contributed by atoms with van der Waals surface area (Å²) in [4.78, 5) is 35.6. The molecule has 1 aromatic carbocycles. The number of nitrogens with zero attached hydrogens (tertiary/aromatic N) is 2. The van der Waals surface area contributed by atoms with Crippen molar-refractivity contribution < 1.29 is 14.4 Å². The van der Waals surface area contributed by atoms with Gasteiger partial charge in [-0.05, 0) is 23.8 Å². The van der Waals surface area contributed by atoms with E-state index in [1.54, 1.807) is 30.3 Å². The monoisotopic (exact) mass is 297 g/mol. The summed E-state index contributed by atoms with van der Waals surface area (Å²) < 4.78 is 0. The number of carbonyl (C=O) groups excluding carboxylic acids is 3. The molecule has 1 N–H and O–H groups in total. The van der Waals surface area contributed by atoms with E-state index in [1.807, 2.05) is 6.07 Å². The van der Waals surface area contributed by atoms with Crippen LogP contribution in [0, 0.1) is 11.3 Å². The van der Waals surface area contributed by atoms with Crippen LogP contribution in [0.25, 0.3) is 6.08 Å². The second-order valence-corrected chi connectivity index (χ2v) is 4.80. The first-order valence-electron chi connectivity index (χ1n) is 6.89. The predicted molar refractivity (Wildman–Crippen MR) is 79.2 cm³/mol. The number of nitrogens with one attached hydrogen (secondary N) is 1. The van der Waals surface area contributed by atoms with Crippen LogP contribution in [-0.2, 0) is 14.4 Å². The number of carbonyl (C=O) groups is 3. The SMILES string of the molecule is N#Cc1cccc(/C=C/C(=O)NCCN2C(=O)CCC2=O)c1. The zero-order valence-electron chi connectivity index (χ0n) is 11.9. The number of hydrogen-bond acceptors (Lipinski definition) is 4. The molecule has 1 aliphatic rings. The van der Waals surface area contributed by atoms with Gasteiger partial charge in [0.1, 0.15) is 0 Å². The van der Waals surface area contributed by atoms with E-state index in [0.29, 0.717) is 5.56 Å². The van der Waals surface area contributed by atoms with Crippen molar-refractivity contribution in [2.24, 2.45) is 0 Å². The first-order chi connectivity index (χ1) is 10.6. The van der Waals surface area contributed by atoms with Crippen LogP contribution >= 0.6 is 0 Å². The maximum absolute atomic E-state index is 11.7. The number of amides is 3. The van der Waals surface area contributed by atoms with E-state index in [9.17, 15) is 14.4 Å². The first kappa shape index (κ1) is 15.4. The molecule has 6 nitrogen and oxygen atoms in total. The Labute approximate surface area is 128 Å². The van der Waals surface area contributed by atoms with Gasteiger partial charge in [0.25, 0.3) is 0 Å². The third-order valence-electron chi connectivity index (χ3n) is 3.23. The standard InChI is InChI=1S/C16H15N3O3/c17-11-13-3-1-2-12(10-13)4-5-14(20)18-8-9-19-15(21)6-7-16(19)22/h1-5,10H,6-9H2,(H,18,20)/b5-4+. The van der Waals surface area contributed by atoms with Crippen LogP contribution in [0.5, 0.6) is 0 Å². The van der Waals surface area contributed by atoms with Gasteiger partial charge in [-0.1, -0.05) is 12.1 Å². The van der Waals surface area contributed by atoms with E-state index in [-0.39, 0.29) is 43.7 Å². The molecule has 0 aromatic heterocycles. The fraction of sp³-hybridized carbons (Fsp3) is 0.250. The van der Waals surface area contributed by atoms with Crippen molar-refractivity contribution in [3.8, 4) is 6.07 Å². The molecule has 112 valence electrons. The third kappa shape index (κ3) is 4.03. The number of benzene rings is 1. The molecule has 0 radical (unpaired) electrons. The minimum absolute atomic E-state index is 0.192. The van der Waals surface area contributed by atoms with Crippen LogP contribution in [0.2, 0.25) is 0 Å². The fourth-order valence-electron chi connectivity index (χ4n) is 2.11. The molecule has 0 bridgehead atoms. The average Bonchev–Trinajstić information content (AvgIpc) is 2.85. The minimum atomic E-state index is -0.318. The van der Waals surface area contributed by atoms with Gasteiger partial charge in [0.15, 0.2) is 0 Å². The molecule has 1 aromatic rings. The maximum Gasteiger partial charge on any atom is 0.244 e. The molecular formula is C16H15N3O3. The van der Waals surface area contributed by atoms with Crippen LogP contribution in [0.1, 0.15) is 24.0 Å². The zero-order valence-corrected chi connectivity index (χ0v) is 11.9. The van der Waals surface area contributed by atoms with E-state index < -0.39 is 0 Å². The van der Waals surface area contributed by atoms with Crippen molar-refractivity contribution >= 4 is 23.8 Å². The van der Waals surface area contributed by atoms with Gasteiger partial charge in [0, 0.05) is 32.0 Å². The van der Waals surface area contributed by atoms with E-state index in [1.165, 1.54) is 11.0 Å². The Balaban J connectivity index is 1.80. The van der Waals surface area contributed by atoms with E-state index in [4.69, 9.17) is 5.26 Å². The highest BCUT2D eigenvalue weighted by Gasteiger charge is 2.27. The second kappa shape index (κ2) is 7.18. The average molecular weight is 297 g/mol. The van der Waals surface area contributed by atoms with Crippen LogP contribution < -0.4 is 5.32 Å². The van der Waals surface area contributed by atoms with Gasteiger partial charge in [-0.3, -0.25) is 19.3 Å². The summed E-state index contributed by atoms with van der Waals surface area (Å²) in [6.07, 6.45) is 3.45. The molecule has 0 spiro atoms. The molecule has 3 amide bonds. The minimum Gasteiger partial charge on any atom is -0.351 e. The molecule has 1 aliphatic heterocycles. The summed E-state index contributed by atoms with van der Waals surface area (Å²) in [6.45, 7) is 0.417. The lowest BCUT2D eigenvalue weighted by molar-refractivity contribution is -0.138. The smallest absolute Gasteiger partial charge is 0.244 e. The molecular weight excluding hydrogens is 282 g/mol. The number of likely N-dealkylation sites (tertiary alicyclic amines) is 1. The van der Waals surface area contributed by atoms with Crippen molar-refractivity contribution in [2.45, 2.75) is 12.8 Å². The molecule has 1 saturated heterocycles. The Morgan fingerprint density at radius 1 is 1.32 bits per heavy atom. The van der Waals surface area contributed by atoms with Crippen LogP contribution in [0.4, 0.5) is 0 Å². The quantitative estimate of drug-likeness (QED) is 0.644. The highest BCUT2D eigenvalue weighted by Crippen LogP contribution is 2.10. The van der Waals surface area contributed by atoms with Gasteiger partial charge in [0.2, 0.25) is 17.7 Å². The van der Waals surface area contributed by atoms with Crippen molar-refractivity contribution in [2.75, 3.05) is 13.1 Å². The molecule has 2 rings (SSSR count). The van der Waals surface area contributed by atoms with Gasteiger partial charge >= 0.3 is 0 Å². The first-order valence-corrected chi connectivity index (χ1v) is 6.89. The van der Waals surface area contributed by atoms with E-state index in [0.717, 1.165) is 5.56 Å². The highest BCUT2D eigenvalue weighted by atomic mass is 16.2. The summed E-state index contributed by atoms with van der Waals surface area (Å²) in [5.41, 5.74) is 1.27. The molecule has 22 heavy (non-hydrogen) atoms. The van der Waals surface area contributed by atoms with Crippen LogP contribution in [0.3, 0.4) is 0 Å². The normalized spacial score (nSPS) is 14.4. The summed E-state index contributed by atoms with van der Waals surface area (Å²) in [5, 5.41) is 11.4. The summed E-state index contributed by atoms with van der Waals surface area (Å²) in [7, 11) is 0. The van der Waals surface area contributed by atoms with Gasteiger partial charge < -0.3 is 5.32 Å². The van der Waals surface area contributed by atoms with Gasteiger partial charge in [-0.15, -0.1) is 0 Å². The second-order valence-electron chi connectivity index (χ2n) is 4.80. The Bertz CT molecular complexity index is 657. The Morgan fingerprint density at radius 3 is 2.73 bits per heavy atom. The number of nitriles is 1. The molecule has 1 heterocycles. The fourth-order valence-corrected chi connectivity index (χ4v) is 2.11. The largest absolute Gasteiger partial charge is 0.351 e. The van der Waals surface area contributed by atoms with Crippen molar-refractivity contribution in [1.29, 1.82) is 5.26 Å². The molecule has 6 heteroatoms. The number of rotatable bonds is 5. The lowest BCUT2D eigenvalue weighted by Crippen LogP contribution is -2.37. The zero-order chi connectivity index (χ0) is 15.9. The Morgan fingerprint density at radius 2 is 2.05 bits per heavy atom. The summed E-state index contributed by atoms with van der Waals surface area (Å²) >= 11 is 0. The van der Waals surface area contributed by atoms with Gasteiger partial charge in [-0.25, -0.2) is 0 Å². The van der Waals surface area contributed by atoms with Crippen molar-refractivity contribution in [1.82, 2.24) is 10.2 Å². The summed E-state index contributed by atoms with van der Waals surface area (Å²) in [6, 6.07) is 8.90. The predicted octanol–water partition coefficient (Wildman–Crippen LogP) is 0.837. The molecule has 0 atom stereocenters. The van der Waals surface area contributed by atoms with E-state index >= 15 is 0 Å². The van der Waals surface area contributed by atoms with Crippen LogP contribution in [-0.4, -0.2) is 35.7 Å². The topological polar surface area (TPSA) is 90.3 Å². The third-order valence-corrected chi connectivity index (χ3v) is 3.23. The maximum atomic E-state index is 11.7. The van der Waals surface area contributed by atoms with Crippen LogP contribution in [0.15, 0.2) is 30.3 Å². The van der Waals surface area contributed by atoms with E-state index in [2.05, 4.69) is 5.32 Å². The molecule has 1 fully saturated rings. The number of hydrogen-bond donors (Lipinski definition) is 1. The molecule has 0 unspecified atom stereocenters. The Hall–Kier alpha value is -2.94. The lowest BCUT2D eigenvalue weighted by atomic mass is 10.1. The van der Waals surface area contributed by atoms with Crippen molar-refractivity contribution in [3.63, 3.8) is 0 Å².